The lowest BCUT2D eigenvalue weighted by Gasteiger charge is -2.15. The molecule has 0 bridgehead atoms. The molecule has 1 aromatic carbocycles. The molecule has 32 heavy (non-hydrogen) atoms. The van der Waals surface area contributed by atoms with Crippen LogP contribution in [0.25, 0.3) is 0 Å². The molecule has 0 atom stereocenters. The fourth-order valence-corrected chi connectivity index (χ4v) is 4.55. The van der Waals surface area contributed by atoms with Crippen LogP contribution in [0.2, 0.25) is 0 Å². The van der Waals surface area contributed by atoms with Crippen LogP contribution in [-0.2, 0) is 23.1 Å². The van der Waals surface area contributed by atoms with Gasteiger partial charge in [0.15, 0.2) is 0 Å². The zero-order valence-corrected chi connectivity index (χ0v) is 18.3. The van der Waals surface area contributed by atoms with Crippen LogP contribution in [0.3, 0.4) is 0 Å². The second-order valence-corrected chi connectivity index (χ2v) is 9.37. The highest BCUT2D eigenvalue weighted by atomic mass is 32.2. The smallest absolute Gasteiger partial charge is 0.251 e. The fraction of sp³-hybridized carbons (Fsp3) is 0.304. The molecule has 2 N–H and O–H groups in total. The van der Waals surface area contributed by atoms with Gasteiger partial charge in [-0.2, -0.15) is 0 Å². The van der Waals surface area contributed by atoms with Gasteiger partial charge in [-0.15, -0.1) is 0 Å². The van der Waals surface area contributed by atoms with Gasteiger partial charge in [0.2, 0.25) is 15.9 Å². The summed E-state index contributed by atoms with van der Waals surface area (Å²) >= 11 is 0. The summed E-state index contributed by atoms with van der Waals surface area (Å²) in [5, 5.41) is 2.85. The molecular weight excluding hydrogens is 430 g/mol. The van der Waals surface area contributed by atoms with E-state index < -0.39 is 10.0 Å². The number of nitrogens with zero attached hydrogens (tertiary/aromatic N) is 1. The summed E-state index contributed by atoms with van der Waals surface area (Å²) in [5.74, 6) is 0.744. The van der Waals surface area contributed by atoms with Crippen LogP contribution in [0, 0.1) is 0 Å². The Balaban J connectivity index is 1.35. The van der Waals surface area contributed by atoms with Crippen molar-refractivity contribution in [3.05, 3.63) is 77.9 Å². The number of benzene rings is 1. The molecular formula is C23H25N3O5S. The average Bonchev–Trinajstić information content (AvgIpc) is 3.51. The van der Waals surface area contributed by atoms with Crippen LogP contribution in [0.1, 0.15) is 47.4 Å². The van der Waals surface area contributed by atoms with Crippen molar-refractivity contribution in [2.45, 2.75) is 49.8 Å². The molecule has 0 unspecified atom stereocenters. The number of rotatable bonds is 9. The van der Waals surface area contributed by atoms with Crippen molar-refractivity contribution in [1.29, 1.82) is 0 Å². The minimum absolute atomic E-state index is 0.0495. The molecule has 168 valence electrons. The summed E-state index contributed by atoms with van der Waals surface area (Å²) in [7, 11) is -3.72. The fourth-order valence-electron chi connectivity index (χ4n) is 3.55. The second kappa shape index (κ2) is 9.97. The summed E-state index contributed by atoms with van der Waals surface area (Å²) in [4.78, 5) is 16.9. The topological polar surface area (TPSA) is 111 Å². The molecule has 1 fully saturated rings. The predicted molar refractivity (Wildman–Crippen MR) is 117 cm³/mol. The van der Waals surface area contributed by atoms with E-state index in [1.54, 1.807) is 24.4 Å². The van der Waals surface area contributed by atoms with Gasteiger partial charge in [-0.05, 0) is 68.1 Å². The number of ether oxygens (including phenoxy) is 1. The Morgan fingerprint density at radius 2 is 1.84 bits per heavy atom. The number of hydrogen-bond acceptors (Lipinski definition) is 6. The molecule has 0 aliphatic heterocycles. The first-order valence-corrected chi connectivity index (χ1v) is 12.0. The van der Waals surface area contributed by atoms with E-state index >= 15 is 0 Å². The van der Waals surface area contributed by atoms with Crippen molar-refractivity contribution in [3.63, 3.8) is 0 Å². The van der Waals surface area contributed by atoms with Crippen molar-refractivity contribution >= 4 is 15.9 Å². The summed E-state index contributed by atoms with van der Waals surface area (Å²) in [5.41, 5.74) is 1.16. The Kier molecular flexibility index (Phi) is 6.87. The number of hydrogen-bond donors (Lipinski definition) is 2. The highest BCUT2D eigenvalue weighted by Gasteiger charge is 2.19. The zero-order chi connectivity index (χ0) is 22.4. The maximum atomic E-state index is 12.6. The molecule has 0 spiro atoms. The molecule has 1 aliphatic carbocycles. The number of nitrogens with one attached hydrogen (secondary N) is 2. The minimum atomic E-state index is -3.72. The van der Waals surface area contributed by atoms with Crippen molar-refractivity contribution in [2.75, 3.05) is 0 Å². The van der Waals surface area contributed by atoms with Crippen LogP contribution in [0.4, 0.5) is 0 Å². The third kappa shape index (κ3) is 5.54. The number of furan rings is 1. The van der Waals surface area contributed by atoms with E-state index in [9.17, 15) is 13.2 Å². The van der Waals surface area contributed by atoms with Crippen LogP contribution in [-0.4, -0.2) is 25.4 Å². The molecule has 0 radical (unpaired) electrons. The van der Waals surface area contributed by atoms with E-state index in [1.165, 1.54) is 30.5 Å². The number of sulfonamides is 1. The minimum Gasteiger partial charge on any atom is -0.474 e. The standard InChI is InChI=1S/C23H25N3O5S/c27-22(25-15-18-5-3-13-24-23(18)31-19-6-1-2-7-19)17-9-11-21(12-10-17)32(28,29)26-16-20-8-4-14-30-20/h3-5,8-14,19,26H,1-2,6-7,15-16H2,(H,25,27). The first-order valence-electron chi connectivity index (χ1n) is 10.5. The Morgan fingerprint density at radius 3 is 2.56 bits per heavy atom. The van der Waals surface area contributed by atoms with Gasteiger partial charge in [0.05, 0.1) is 17.7 Å². The summed E-state index contributed by atoms with van der Waals surface area (Å²) < 4.78 is 38.5. The molecule has 1 aliphatic rings. The molecule has 9 heteroatoms. The zero-order valence-electron chi connectivity index (χ0n) is 17.5. The van der Waals surface area contributed by atoms with Crippen molar-refractivity contribution in [2.24, 2.45) is 0 Å². The van der Waals surface area contributed by atoms with Gasteiger partial charge in [0.25, 0.3) is 5.91 Å². The van der Waals surface area contributed by atoms with Gasteiger partial charge < -0.3 is 14.5 Å². The highest BCUT2D eigenvalue weighted by molar-refractivity contribution is 7.89. The molecule has 8 nitrogen and oxygen atoms in total. The third-order valence-corrected chi connectivity index (χ3v) is 6.73. The molecule has 3 aromatic rings. The van der Waals surface area contributed by atoms with E-state index in [0.717, 1.165) is 31.2 Å². The Bertz CT molecular complexity index is 1140. The second-order valence-electron chi connectivity index (χ2n) is 7.60. The van der Waals surface area contributed by atoms with Gasteiger partial charge in [-0.3, -0.25) is 4.79 Å². The maximum Gasteiger partial charge on any atom is 0.251 e. The van der Waals surface area contributed by atoms with Gasteiger partial charge in [0.1, 0.15) is 11.9 Å². The van der Waals surface area contributed by atoms with E-state index in [4.69, 9.17) is 9.15 Å². The van der Waals surface area contributed by atoms with E-state index in [2.05, 4.69) is 15.0 Å². The third-order valence-electron chi connectivity index (χ3n) is 5.31. The lowest BCUT2D eigenvalue weighted by molar-refractivity contribution is 0.0950. The number of aromatic nitrogens is 1. The van der Waals surface area contributed by atoms with Crippen molar-refractivity contribution in [1.82, 2.24) is 15.0 Å². The van der Waals surface area contributed by atoms with Crippen LogP contribution in [0.5, 0.6) is 5.88 Å². The average molecular weight is 456 g/mol. The molecule has 0 saturated heterocycles. The molecule has 1 amide bonds. The molecule has 1 saturated carbocycles. The highest BCUT2D eigenvalue weighted by Crippen LogP contribution is 2.25. The van der Waals surface area contributed by atoms with Gasteiger partial charge in [0, 0.05) is 23.9 Å². The summed E-state index contributed by atoms with van der Waals surface area (Å²) in [6.07, 6.45) is 7.69. The van der Waals surface area contributed by atoms with E-state index in [0.29, 0.717) is 17.2 Å². The van der Waals surface area contributed by atoms with Gasteiger partial charge >= 0.3 is 0 Å². The van der Waals surface area contributed by atoms with Crippen molar-refractivity contribution < 1.29 is 22.4 Å². The van der Waals surface area contributed by atoms with Gasteiger partial charge in [-0.1, -0.05) is 6.07 Å². The lowest BCUT2D eigenvalue weighted by atomic mass is 10.2. The SMILES string of the molecule is O=C(NCc1cccnc1OC1CCCC1)c1ccc(S(=O)(=O)NCc2ccco2)cc1. The van der Waals surface area contributed by atoms with E-state index in [1.807, 2.05) is 6.07 Å². The Morgan fingerprint density at radius 1 is 1.06 bits per heavy atom. The van der Waals surface area contributed by atoms with Gasteiger partial charge in [-0.25, -0.2) is 18.1 Å². The lowest BCUT2D eigenvalue weighted by Crippen LogP contribution is -2.25. The Labute approximate surface area is 187 Å². The molecule has 4 rings (SSSR count). The van der Waals surface area contributed by atoms with Crippen LogP contribution >= 0.6 is 0 Å². The van der Waals surface area contributed by atoms with E-state index in [-0.39, 0.29) is 30.0 Å². The first-order chi connectivity index (χ1) is 15.5. The Hall–Kier alpha value is -3.17. The normalized spacial score (nSPS) is 14.4. The number of carbonyl (C=O) groups excluding carboxylic acids is 1. The van der Waals surface area contributed by atoms with Crippen LogP contribution in [0.15, 0.2) is 70.3 Å². The summed E-state index contributed by atoms with van der Waals surface area (Å²) in [6.45, 7) is 0.313. The summed E-state index contributed by atoms with van der Waals surface area (Å²) in [6, 6.07) is 12.8. The number of pyridine rings is 1. The van der Waals surface area contributed by atoms with Crippen LogP contribution < -0.4 is 14.8 Å². The number of carbonyl (C=O) groups is 1. The monoisotopic (exact) mass is 455 g/mol. The number of amides is 1. The molecule has 2 heterocycles. The largest absolute Gasteiger partial charge is 0.474 e. The quantitative estimate of drug-likeness (QED) is 0.512. The maximum absolute atomic E-state index is 12.6. The predicted octanol–water partition coefficient (Wildman–Crippen LogP) is 3.40. The molecule has 2 aromatic heterocycles. The van der Waals surface area contributed by atoms with Crippen molar-refractivity contribution in [3.8, 4) is 5.88 Å². The first kappa shape index (κ1) is 22.0.